The molecule has 2 atom stereocenters. The van der Waals surface area contributed by atoms with Crippen molar-refractivity contribution in [1.82, 2.24) is 5.32 Å². The lowest BCUT2D eigenvalue weighted by Crippen LogP contribution is -2.50. The van der Waals surface area contributed by atoms with Gasteiger partial charge in [0.1, 0.15) is 6.10 Å². The Morgan fingerprint density at radius 3 is 3.00 bits per heavy atom. The number of allylic oxidation sites excluding steroid dienone is 1. The molecule has 25 heavy (non-hydrogen) atoms. The summed E-state index contributed by atoms with van der Waals surface area (Å²) in [6.07, 6.45) is 2.96. The van der Waals surface area contributed by atoms with Crippen molar-refractivity contribution in [3.63, 3.8) is 0 Å². The summed E-state index contributed by atoms with van der Waals surface area (Å²) in [6, 6.07) is 5.56. The van der Waals surface area contributed by atoms with Gasteiger partial charge < -0.3 is 24.3 Å². The van der Waals surface area contributed by atoms with E-state index in [4.69, 9.17) is 18.9 Å². The Morgan fingerprint density at radius 1 is 1.32 bits per heavy atom. The standard InChI is InChI=1S/C19H25NO5/c1-13(2)5-8-23-18-11-22-7-6-15(18)20-19(21)10-14-3-4-16-17(9-14)25-12-24-16/h3-5,9,15,18H,6-8,10-12H2,1-2H3,(H,20,21)/t15-,18-/m1/s1. The first-order valence-electron chi connectivity index (χ1n) is 8.62. The van der Waals surface area contributed by atoms with Gasteiger partial charge in [-0.2, -0.15) is 0 Å². The van der Waals surface area contributed by atoms with E-state index in [2.05, 4.69) is 5.32 Å². The van der Waals surface area contributed by atoms with Crippen LogP contribution in [-0.4, -0.2) is 44.7 Å². The fourth-order valence-electron chi connectivity index (χ4n) is 2.87. The van der Waals surface area contributed by atoms with Crippen LogP contribution in [0, 0.1) is 0 Å². The fraction of sp³-hybridized carbons (Fsp3) is 0.526. The molecule has 6 nitrogen and oxygen atoms in total. The van der Waals surface area contributed by atoms with E-state index in [0.29, 0.717) is 32.0 Å². The van der Waals surface area contributed by atoms with Crippen LogP contribution in [0.15, 0.2) is 29.8 Å². The summed E-state index contributed by atoms with van der Waals surface area (Å²) >= 11 is 0. The highest BCUT2D eigenvalue weighted by atomic mass is 16.7. The van der Waals surface area contributed by atoms with Crippen LogP contribution < -0.4 is 14.8 Å². The first-order chi connectivity index (χ1) is 12.1. The van der Waals surface area contributed by atoms with Gasteiger partial charge in [0, 0.05) is 6.61 Å². The summed E-state index contributed by atoms with van der Waals surface area (Å²) in [5.74, 6) is 1.39. The molecule has 3 rings (SSSR count). The third-order valence-electron chi connectivity index (χ3n) is 4.25. The number of carbonyl (C=O) groups excluding carboxylic acids is 1. The highest BCUT2D eigenvalue weighted by Gasteiger charge is 2.27. The van der Waals surface area contributed by atoms with E-state index in [1.54, 1.807) is 0 Å². The molecule has 1 fully saturated rings. The molecule has 1 amide bonds. The Hall–Kier alpha value is -2.05. The molecule has 136 valence electrons. The van der Waals surface area contributed by atoms with E-state index in [9.17, 15) is 4.79 Å². The summed E-state index contributed by atoms with van der Waals surface area (Å²) in [5.41, 5.74) is 2.11. The van der Waals surface area contributed by atoms with Crippen LogP contribution in [0.4, 0.5) is 0 Å². The van der Waals surface area contributed by atoms with E-state index in [0.717, 1.165) is 17.7 Å². The molecule has 1 N–H and O–H groups in total. The zero-order chi connectivity index (χ0) is 17.6. The van der Waals surface area contributed by atoms with Crippen LogP contribution in [0.5, 0.6) is 11.5 Å². The molecular weight excluding hydrogens is 322 g/mol. The van der Waals surface area contributed by atoms with Crippen molar-refractivity contribution in [2.45, 2.75) is 38.8 Å². The van der Waals surface area contributed by atoms with Crippen molar-refractivity contribution >= 4 is 5.91 Å². The zero-order valence-electron chi connectivity index (χ0n) is 14.7. The van der Waals surface area contributed by atoms with Crippen LogP contribution in [0.3, 0.4) is 0 Å². The Kier molecular flexibility index (Phi) is 5.94. The monoisotopic (exact) mass is 347 g/mol. The summed E-state index contributed by atoms with van der Waals surface area (Å²) in [6.45, 7) is 5.97. The maximum absolute atomic E-state index is 12.4. The van der Waals surface area contributed by atoms with E-state index in [1.807, 2.05) is 38.1 Å². The van der Waals surface area contributed by atoms with Gasteiger partial charge in [-0.15, -0.1) is 0 Å². The number of rotatable bonds is 6. The third kappa shape index (κ3) is 4.96. The zero-order valence-corrected chi connectivity index (χ0v) is 14.7. The SMILES string of the molecule is CC(C)=CCO[C@@H]1COCC[C@H]1NC(=O)Cc1ccc2c(c1)OCO2. The molecular formula is C19H25NO5. The Balaban J connectivity index is 1.54. The Morgan fingerprint density at radius 2 is 2.16 bits per heavy atom. The van der Waals surface area contributed by atoms with Crippen molar-refractivity contribution in [2.24, 2.45) is 0 Å². The van der Waals surface area contributed by atoms with Crippen LogP contribution in [-0.2, 0) is 20.7 Å². The molecule has 6 heteroatoms. The summed E-state index contributed by atoms with van der Waals surface area (Å²) < 4.78 is 22.0. The van der Waals surface area contributed by atoms with Gasteiger partial charge in [0.2, 0.25) is 12.7 Å². The van der Waals surface area contributed by atoms with E-state index in [-0.39, 0.29) is 24.8 Å². The molecule has 1 aromatic rings. The maximum Gasteiger partial charge on any atom is 0.231 e. The van der Waals surface area contributed by atoms with Crippen molar-refractivity contribution in [3.8, 4) is 11.5 Å². The van der Waals surface area contributed by atoms with Crippen LogP contribution >= 0.6 is 0 Å². The number of fused-ring (bicyclic) bond motifs is 1. The Bertz CT molecular complexity index is 639. The number of amides is 1. The van der Waals surface area contributed by atoms with Crippen molar-refractivity contribution < 1.29 is 23.7 Å². The summed E-state index contributed by atoms with van der Waals surface area (Å²) in [5, 5.41) is 3.09. The average Bonchev–Trinajstić information content (AvgIpc) is 3.03. The third-order valence-corrected chi connectivity index (χ3v) is 4.25. The molecule has 1 saturated heterocycles. The lowest BCUT2D eigenvalue weighted by molar-refractivity contribution is -0.125. The lowest BCUT2D eigenvalue weighted by Gasteiger charge is -2.32. The molecule has 1 aromatic carbocycles. The minimum atomic E-state index is -0.120. The number of benzene rings is 1. The second-order valence-electron chi connectivity index (χ2n) is 6.56. The number of ether oxygens (including phenoxy) is 4. The van der Waals surface area contributed by atoms with Crippen molar-refractivity contribution in [3.05, 3.63) is 35.4 Å². The number of nitrogens with one attached hydrogen (secondary N) is 1. The van der Waals surface area contributed by atoms with Gasteiger partial charge in [0.15, 0.2) is 11.5 Å². The minimum absolute atomic E-state index is 0.0263. The molecule has 2 heterocycles. The minimum Gasteiger partial charge on any atom is -0.454 e. The first-order valence-corrected chi connectivity index (χ1v) is 8.62. The molecule has 0 spiro atoms. The summed E-state index contributed by atoms with van der Waals surface area (Å²) in [4.78, 5) is 12.4. The normalized spacial score (nSPS) is 21.7. The van der Waals surface area contributed by atoms with Gasteiger partial charge in [-0.05, 0) is 38.0 Å². The predicted octanol–water partition coefficient (Wildman–Crippen LogP) is 2.21. The highest BCUT2D eigenvalue weighted by Crippen LogP contribution is 2.32. The smallest absolute Gasteiger partial charge is 0.231 e. The van der Waals surface area contributed by atoms with Gasteiger partial charge in [0.25, 0.3) is 0 Å². The highest BCUT2D eigenvalue weighted by molar-refractivity contribution is 5.79. The fourth-order valence-corrected chi connectivity index (χ4v) is 2.87. The number of carbonyl (C=O) groups is 1. The molecule has 0 bridgehead atoms. The molecule has 0 saturated carbocycles. The lowest BCUT2D eigenvalue weighted by atomic mass is 10.0. The topological polar surface area (TPSA) is 66.0 Å². The largest absolute Gasteiger partial charge is 0.454 e. The second kappa shape index (κ2) is 8.36. The van der Waals surface area contributed by atoms with Gasteiger partial charge in [-0.3, -0.25) is 4.79 Å². The first kappa shape index (κ1) is 17.8. The molecule has 0 unspecified atom stereocenters. The van der Waals surface area contributed by atoms with Gasteiger partial charge >= 0.3 is 0 Å². The van der Waals surface area contributed by atoms with Crippen LogP contribution in [0.2, 0.25) is 0 Å². The van der Waals surface area contributed by atoms with E-state index < -0.39 is 0 Å². The molecule has 2 aliphatic heterocycles. The number of hydrogen-bond donors (Lipinski definition) is 1. The number of hydrogen-bond acceptors (Lipinski definition) is 5. The van der Waals surface area contributed by atoms with Gasteiger partial charge in [0.05, 0.1) is 25.7 Å². The Labute approximate surface area is 148 Å². The molecule has 2 aliphatic rings. The molecule has 0 radical (unpaired) electrons. The maximum atomic E-state index is 12.4. The summed E-state index contributed by atoms with van der Waals surface area (Å²) in [7, 11) is 0. The van der Waals surface area contributed by atoms with Gasteiger partial charge in [-0.1, -0.05) is 17.7 Å². The second-order valence-corrected chi connectivity index (χ2v) is 6.56. The predicted molar refractivity (Wildman–Crippen MR) is 92.8 cm³/mol. The quantitative estimate of drug-likeness (QED) is 0.799. The van der Waals surface area contributed by atoms with Crippen LogP contribution in [0.1, 0.15) is 25.8 Å². The van der Waals surface area contributed by atoms with Gasteiger partial charge in [-0.25, -0.2) is 0 Å². The van der Waals surface area contributed by atoms with Crippen molar-refractivity contribution in [1.29, 1.82) is 0 Å². The average molecular weight is 347 g/mol. The molecule has 0 aliphatic carbocycles. The van der Waals surface area contributed by atoms with E-state index in [1.165, 1.54) is 5.57 Å². The van der Waals surface area contributed by atoms with Crippen LogP contribution in [0.25, 0.3) is 0 Å². The van der Waals surface area contributed by atoms with Crippen molar-refractivity contribution in [2.75, 3.05) is 26.6 Å². The van der Waals surface area contributed by atoms with E-state index >= 15 is 0 Å². The molecule has 0 aromatic heterocycles.